The first kappa shape index (κ1) is 13.2. The second kappa shape index (κ2) is 7.55. The molecule has 0 aliphatic heterocycles. The maximum absolute atomic E-state index is 11.0. The lowest BCUT2D eigenvalue weighted by molar-refractivity contribution is -0.172. The first-order valence-electron chi connectivity index (χ1n) is 4.43. The van der Waals surface area contributed by atoms with Crippen LogP contribution in [0.3, 0.4) is 0 Å². The SMILES string of the molecule is C=CC(OC(=O)/C=C\C)OC(=O)/C=C/C. The zero-order chi connectivity index (χ0) is 11.7. The van der Waals surface area contributed by atoms with Crippen molar-refractivity contribution in [2.24, 2.45) is 0 Å². The van der Waals surface area contributed by atoms with E-state index in [1.807, 2.05) is 0 Å². The molecule has 0 aromatic carbocycles. The highest BCUT2D eigenvalue weighted by Crippen LogP contribution is 1.99. The molecular weight excluding hydrogens is 196 g/mol. The van der Waals surface area contributed by atoms with Gasteiger partial charge in [0.15, 0.2) is 0 Å². The molecule has 0 N–H and O–H groups in total. The van der Waals surface area contributed by atoms with Crippen LogP contribution in [0.2, 0.25) is 0 Å². The summed E-state index contributed by atoms with van der Waals surface area (Å²) in [7, 11) is 0. The smallest absolute Gasteiger partial charge is 0.333 e. The van der Waals surface area contributed by atoms with Crippen molar-refractivity contribution in [2.45, 2.75) is 20.1 Å². The number of rotatable bonds is 5. The Labute approximate surface area is 88.9 Å². The highest BCUT2D eigenvalue weighted by molar-refractivity contribution is 5.83. The molecule has 4 heteroatoms. The standard InChI is InChI=1S/C11H14O4/c1-4-7-9(12)14-11(6-3)15-10(13)8-5-2/h4-8,11H,3H2,1-2H3/b7-4-,8-5+. The van der Waals surface area contributed by atoms with E-state index < -0.39 is 18.2 Å². The van der Waals surface area contributed by atoms with E-state index >= 15 is 0 Å². The van der Waals surface area contributed by atoms with E-state index in [0.717, 1.165) is 0 Å². The second-order valence-corrected chi connectivity index (χ2v) is 2.48. The fraction of sp³-hybridized carbons (Fsp3) is 0.273. The zero-order valence-electron chi connectivity index (χ0n) is 8.80. The average Bonchev–Trinajstić information content (AvgIpc) is 2.17. The Bertz CT molecular complexity index is 263. The summed E-state index contributed by atoms with van der Waals surface area (Å²) in [6, 6.07) is 0. The third-order valence-corrected chi connectivity index (χ3v) is 1.26. The summed E-state index contributed by atoms with van der Waals surface area (Å²) < 4.78 is 9.47. The minimum absolute atomic E-state index is 0.587. The van der Waals surface area contributed by atoms with E-state index in [4.69, 9.17) is 9.47 Å². The van der Waals surface area contributed by atoms with Crippen LogP contribution >= 0.6 is 0 Å². The Morgan fingerprint density at radius 3 is 1.73 bits per heavy atom. The number of allylic oxidation sites excluding steroid dienone is 2. The monoisotopic (exact) mass is 210 g/mol. The van der Waals surface area contributed by atoms with Crippen molar-refractivity contribution in [3.8, 4) is 0 Å². The van der Waals surface area contributed by atoms with Gasteiger partial charge in [-0.1, -0.05) is 18.7 Å². The third kappa shape index (κ3) is 6.26. The van der Waals surface area contributed by atoms with Gasteiger partial charge < -0.3 is 9.47 Å². The molecule has 0 aliphatic carbocycles. The first-order chi connectivity index (χ1) is 7.13. The molecule has 0 rings (SSSR count). The van der Waals surface area contributed by atoms with Gasteiger partial charge in [0.2, 0.25) is 0 Å². The van der Waals surface area contributed by atoms with Gasteiger partial charge in [0.1, 0.15) is 0 Å². The Morgan fingerprint density at radius 1 is 1.07 bits per heavy atom. The van der Waals surface area contributed by atoms with Gasteiger partial charge in [0.25, 0.3) is 6.29 Å². The summed E-state index contributed by atoms with van der Waals surface area (Å²) >= 11 is 0. The molecular formula is C11H14O4. The summed E-state index contributed by atoms with van der Waals surface area (Å²) in [5.74, 6) is -1.17. The predicted molar refractivity (Wildman–Crippen MR) is 55.8 cm³/mol. The summed E-state index contributed by atoms with van der Waals surface area (Å²) in [6.45, 7) is 6.74. The van der Waals surface area contributed by atoms with Crippen LogP contribution in [0.25, 0.3) is 0 Å². The molecule has 15 heavy (non-hydrogen) atoms. The summed E-state index contributed by atoms with van der Waals surface area (Å²) in [4.78, 5) is 22.0. The van der Waals surface area contributed by atoms with Crippen molar-refractivity contribution in [1.29, 1.82) is 0 Å². The molecule has 0 aliphatic rings. The van der Waals surface area contributed by atoms with Gasteiger partial charge >= 0.3 is 11.9 Å². The van der Waals surface area contributed by atoms with Gasteiger partial charge in [-0.2, -0.15) is 0 Å². The molecule has 1 unspecified atom stereocenters. The maximum Gasteiger partial charge on any atom is 0.333 e. The Hall–Kier alpha value is -1.84. The van der Waals surface area contributed by atoms with Crippen molar-refractivity contribution in [2.75, 3.05) is 0 Å². The van der Waals surface area contributed by atoms with Crippen LogP contribution in [-0.2, 0) is 19.1 Å². The number of hydrogen-bond donors (Lipinski definition) is 0. The molecule has 0 fully saturated rings. The van der Waals surface area contributed by atoms with Gasteiger partial charge in [-0.05, 0) is 19.9 Å². The van der Waals surface area contributed by atoms with E-state index in [-0.39, 0.29) is 0 Å². The van der Waals surface area contributed by atoms with Crippen molar-refractivity contribution in [1.82, 2.24) is 0 Å². The van der Waals surface area contributed by atoms with E-state index in [1.54, 1.807) is 13.8 Å². The van der Waals surface area contributed by atoms with Gasteiger partial charge in [-0.15, -0.1) is 0 Å². The van der Waals surface area contributed by atoms with Gasteiger partial charge in [0, 0.05) is 12.2 Å². The molecule has 0 spiro atoms. The molecule has 1 atom stereocenters. The third-order valence-electron chi connectivity index (χ3n) is 1.26. The normalized spacial score (nSPS) is 12.7. The van der Waals surface area contributed by atoms with Crippen molar-refractivity contribution >= 4 is 11.9 Å². The van der Waals surface area contributed by atoms with Gasteiger partial charge in [-0.3, -0.25) is 0 Å². The maximum atomic E-state index is 11.0. The zero-order valence-corrected chi connectivity index (χ0v) is 8.80. The lowest BCUT2D eigenvalue weighted by atomic mass is 10.5. The van der Waals surface area contributed by atoms with Crippen LogP contribution in [0.4, 0.5) is 0 Å². The summed E-state index contributed by atoms with van der Waals surface area (Å²) in [5, 5.41) is 0. The Balaban J connectivity index is 4.20. The lowest BCUT2D eigenvalue weighted by Crippen LogP contribution is -2.20. The number of carbonyl (C=O) groups excluding carboxylic acids is 2. The van der Waals surface area contributed by atoms with Crippen molar-refractivity contribution < 1.29 is 19.1 Å². The Morgan fingerprint density at radius 2 is 1.47 bits per heavy atom. The number of carbonyl (C=O) groups is 2. The van der Waals surface area contributed by atoms with Crippen LogP contribution in [0.15, 0.2) is 37.0 Å². The molecule has 0 bridgehead atoms. The minimum atomic E-state index is -1.06. The van der Waals surface area contributed by atoms with Crippen molar-refractivity contribution in [3.05, 3.63) is 37.0 Å². The molecule has 0 radical (unpaired) electrons. The van der Waals surface area contributed by atoms with Crippen LogP contribution in [0.1, 0.15) is 13.8 Å². The number of ether oxygens (including phenoxy) is 2. The van der Waals surface area contributed by atoms with Crippen LogP contribution in [0.5, 0.6) is 0 Å². The second-order valence-electron chi connectivity index (χ2n) is 2.48. The first-order valence-corrected chi connectivity index (χ1v) is 4.43. The fourth-order valence-electron chi connectivity index (χ4n) is 0.700. The van der Waals surface area contributed by atoms with Crippen LogP contribution < -0.4 is 0 Å². The molecule has 0 aromatic heterocycles. The van der Waals surface area contributed by atoms with Crippen LogP contribution in [0, 0.1) is 0 Å². The molecule has 0 aromatic rings. The van der Waals surface area contributed by atoms with Crippen LogP contribution in [-0.4, -0.2) is 18.2 Å². The highest BCUT2D eigenvalue weighted by atomic mass is 16.7. The molecule has 4 nitrogen and oxygen atoms in total. The van der Waals surface area contributed by atoms with E-state index in [2.05, 4.69) is 6.58 Å². The summed E-state index contributed by atoms with van der Waals surface area (Å²) in [5.41, 5.74) is 0. The molecule has 82 valence electrons. The Kier molecular flexibility index (Phi) is 6.63. The van der Waals surface area contributed by atoms with E-state index in [0.29, 0.717) is 0 Å². The quantitative estimate of drug-likeness (QED) is 0.300. The average molecular weight is 210 g/mol. The largest absolute Gasteiger partial charge is 0.418 e. The number of esters is 2. The minimum Gasteiger partial charge on any atom is -0.418 e. The molecule has 0 saturated heterocycles. The molecule has 0 amide bonds. The highest BCUT2D eigenvalue weighted by Gasteiger charge is 2.11. The number of hydrogen-bond acceptors (Lipinski definition) is 4. The lowest BCUT2D eigenvalue weighted by Gasteiger charge is -2.11. The molecule has 0 saturated carbocycles. The van der Waals surface area contributed by atoms with Crippen molar-refractivity contribution in [3.63, 3.8) is 0 Å². The van der Waals surface area contributed by atoms with E-state index in [1.165, 1.54) is 30.4 Å². The van der Waals surface area contributed by atoms with Gasteiger partial charge in [-0.25, -0.2) is 9.59 Å². The molecule has 0 heterocycles. The fourth-order valence-corrected chi connectivity index (χ4v) is 0.700. The van der Waals surface area contributed by atoms with E-state index in [9.17, 15) is 9.59 Å². The van der Waals surface area contributed by atoms with Gasteiger partial charge in [0.05, 0.1) is 0 Å². The predicted octanol–water partition coefficient (Wildman–Crippen LogP) is 1.74. The topological polar surface area (TPSA) is 52.6 Å². The summed E-state index contributed by atoms with van der Waals surface area (Å²) in [6.07, 6.45) is 5.66.